The molecule has 1 N–H and O–H groups in total. The summed E-state index contributed by atoms with van der Waals surface area (Å²) in [6.07, 6.45) is 2.23. The van der Waals surface area contributed by atoms with E-state index in [-0.39, 0.29) is 12.0 Å². The maximum Gasteiger partial charge on any atom is 0.255 e. The number of hydrogen-bond acceptors (Lipinski definition) is 6. The zero-order valence-electron chi connectivity index (χ0n) is 18.2. The van der Waals surface area contributed by atoms with Crippen LogP contribution in [0.25, 0.3) is 0 Å². The number of methoxy groups -OCH3 is 1. The Balaban J connectivity index is 1.56. The average molecular weight is 430 g/mol. The van der Waals surface area contributed by atoms with Crippen LogP contribution in [0.15, 0.2) is 42.5 Å². The van der Waals surface area contributed by atoms with Gasteiger partial charge >= 0.3 is 0 Å². The Kier molecular flexibility index (Phi) is 8.99. The van der Waals surface area contributed by atoms with Gasteiger partial charge in [0.25, 0.3) is 5.91 Å². The van der Waals surface area contributed by atoms with E-state index in [9.17, 15) is 4.79 Å². The van der Waals surface area contributed by atoms with Crippen molar-refractivity contribution in [2.45, 2.75) is 32.4 Å². The van der Waals surface area contributed by atoms with Gasteiger partial charge in [-0.3, -0.25) is 4.79 Å². The van der Waals surface area contributed by atoms with Crippen molar-refractivity contribution < 1.29 is 28.5 Å². The first-order valence-electron chi connectivity index (χ1n) is 10.7. The molecule has 1 unspecified atom stereocenters. The molecule has 7 heteroatoms. The number of hydrogen-bond donors (Lipinski definition) is 1. The monoisotopic (exact) mass is 429 g/mol. The number of nitrogens with one attached hydrogen (secondary N) is 1. The lowest BCUT2D eigenvalue weighted by atomic mass is 10.1. The number of carbonyl (C=O) groups excluding carboxylic acids is 1. The van der Waals surface area contributed by atoms with Gasteiger partial charge in [0.2, 0.25) is 0 Å². The summed E-state index contributed by atoms with van der Waals surface area (Å²) in [5.74, 6) is 1.63. The van der Waals surface area contributed by atoms with Crippen LogP contribution >= 0.6 is 0 Å². The fourth-order valence-corrected chi connectivity index (χ4v) is 3.31. The summed E-state index contributed by atoms with van der Waals surface area (Å²) in [5, 5.41) is 2.94. The maximum absolute atomic E-state index is 12.7. The van der Waals surface area contributed by atoms with E-state index in [1.54, 1.807) is 19.2 Å². The zero-order chi connectivity index (χ0) is 21.9. The topological polar surface area (TPSA) is 75.3 Å². The molecule has 31 heavy (non-hydrogen) atoms. The standard InChI is InChI=1S/C24H31NO6/c1-3-28-13-14-30-21-9-5-4-8-20(21)24(26)25-16-18-10-11-22(23(15-18)27-2)31-17-19-7-6-12-29-19/h4-5,8-11,15,19H,3,6-7,12-14,16-17H2,1-2H3,(H,25,26). The van der Waals surface area contributed by atoms with Gasteiger partial charge in [-0.15, -0.1) is 0 Å². The lowest BCUT2D eigenvalue weighted by Gasteiger charge is -2.15. The molecular weight excluding hydrogens is 398 g/mol. The molecule has 1 aliphatic rings. The second-order valence-electron chi connectivity index (χ2n) is 7.16. The molecule has 168 valence electrons. The smallest absolute Gasteiger partial charge is 0.255 e. The quantitative estimate of drug-likeness (QED) is 0.520. The largest absolute Gasteiger partial charge is 0.493 e. The molecule has 0 aliphatic carbocycles. The van der Waals surface area contributed by atoms with E-state index in [0.717, 1.165) is 25.0 Å². The zero-order valence-corrected chi connectivity index (χ0v) is 18.2. The molecular formula is C24H31NO6. The molecule has 7 nitrogen and oxygen atoms in total. The van der Waals surface area contributed by atoms with E-state index in [1.165, 1.54) is 0 Å². The average Bonchev–Trinajstić information content (AvgIpc) is 3.33. The van der Waals surface area contributed by atoms with Gasteiger partial charge in [-0.1, -0.05) is 18.2 Å². The first-order chi connectivity index (χ1) is 15.2. The highest BCUT2D eigenvalue weighted by molar-refractivity contribution is 5.96. The van der Waals surface area contributed by atoms with E-state index < -0.39 is 0 Å². The van der Waals surface area contributed by atoms with Crippen LogP contribution in [0.5, 0.6) is 17.2 Å². The Morgan fingerprint density at radius 2 is 1.97 bits per heavy atom. The predicted octanol–water partition coefficient (Wildman–Crippen LogP) is 3.60. The lowest BCUT2D eigenvalue weighted by Crippen LogP contribution is -2.23. The van der Waals surface area contributed by atoms with Crippen molar-refractivity contribution >= 4 is 5.91 Å². The van der Waals surface area contributed by atoms with Crippen LogP contribution in [0.2, 0.25) is 0 Å². The molecule has 3 rings (SSSR count). The van der Waals surface area contributed by atoms with Crippen molar-refractivity contribution in [1.29, 1.82) is 0 Å². The van der Waals surface area contributed by atoms with Gasteiger partial charge in [-0.2, -0.15) is 0 Å². The summed E-state index contributed by atoms with van der Waals surface area (Å²) < 4.78 is 27.9. The third-order valence-electron chi connectivity index (χ3n) is 4.95. The van der Waals surface area contributed by atoms with Gasteiger partial charge in [0.15, 0.2) is 11.5 Å². The summed E-state index contributed by atoms with van der Waals surface area (Å²) in [7, 11) is 1.60. The third kappa shape index (κ3) is 6.87. The van der Waals surface area contributed by atoms with Crippen LogP contribution in [0.4, 0.5) is 0 Å². The highest BCUT2D eigenvalue weighted by atomic mass is 16.5. The highest BCUT2D eigenvalue weighted by Crippen LogP contribution is 2.29. The van der Waals surface area contributed by atoms with Gasteiger partial charge in [0.1, 0.15) is 19.0 Å². The SMILES string of the molecule is CCOCCOc1ccccc1C(=O)NCc1ccc(OCC2CCCO2)c(OC)c1. The van der Waals surface area contributed by atoms with Crippen LogP contribution in [0.3, 0.4) is 0 Å². The molecule has 0 saturated carbocycles. The molecule has 1 amide bonds. The first-order valence-corrected chi connectivity index (χ1v) is 10.7. The fraction of sp³-hybridized carbons (Fsp3) is 0.458. The van der Waals surface area contributed by atoms with Gasteiger partial charge in [0, 0.05) is 19.8 Å². The normalized spacial score (nSPS) is 15.5. The van der Waals surface area contributed by atoms with Gasteiger partial charge in [0.05, 0.1) is 25.4 Å². The van der Waals surface area contributed by atoms with Crippen LogP contribution in [-0.2, 0) is 16.0 Å². The minimum Gasteiger partial charge on any atom is -0.493 e. The molecule has 0 aromatic heterocycles. The summed E-state index contributed by atoms with van der Waals surface area (Å²) in [4.78, 5) is 12.7. The number of amides is 1. The van der Waals surface area contributed by atoms with Crippen LogP contribution < -0.4 is 19.5 Å². The lowest BCUT2D eigenvalue weighted by molar-refractivity contribution is 0.0669. The molecule has 1 saturated heterocycles. The van der Waals surface area contributed by atoms with Crippen molar-refractivity contribution in [3.63, 3.8) is 0 Å². The maximum atomic E-state index is 12.7. The van der Waals surface area contributed by atoms with Crippen LogP contribution in [0, 0.1) is 0 Å². The molecule has 1 atom stereocenters. The van der Waals surface area contributed by atoms with Crippen molar-refractivity contribution in [3.8, 4) is 17.2 Å². The Morgan fingerprint density at radius 1 is 1.10 bits per heavy atom. The second-order valence-corrected chi connectivity index (χ2v) is 7.16. The first kappa shape index (κ1) is 22.9. The number of carbonyl (C=O) groups is 1. The predicted molar refractivity (Wildman–Crippen MR) is 117 cm³/mol. The third-order valence-corrected chi connectivity index (χ3v) is 4.95. The Bertz CT molecular complexity index is 835. The minimum atomic E-state index is -0.204. The van der Waals surface area contributed by atoms with E-state index >= 15 is 0 Å². The summed E-state index contributed by atoms with van der Waals surface area (Å²) in [5.41, 5.74) is 1.40. The second kappa shape index (κ2) is 12.2. The van der Waals surface area contributed by atoms with Crippen molar-refractivity contribution in [3.05, 3.63) is 53.6 Å². The van der Waals surface area contributed by atoms with Gasteiger partial charge < -0.3 is 29.0 Å². The van der Waals surface area contributed by atoms with E-state index in [1.807, 2.05) is 37.3 Å². The number of ether oxygens (including phenoxy) is 5. The highest BCUT2D eigenvalue weighted by Gasteiger charge is 2.17. The van der Waals surface area contributed by atoms with E-state index in [2.05, 4.69) is 5.32 Å². The number of benzene rings is 2. The molecule has 1 fully saturated rings. The molecule has 0 radical (unpaired) electrons. The van der Waals surface area contributed by atoms with Crippen molar-refractivity contribution in [2.24, 2.45) is 0 Å². The molecule has 0 bridgehead atoms. The van der Waals surface area contributed by atoms with Crippen molar-refractivity contribution in [2.75, 3.05) is 40.1 Å². The Hall–Kier alpha value is -2.77. The molecule has 1 aliphatic heterocycles. The minimum absolute atomic E-state index is 0.138. The van der Waals surface area contributed by atoms with Gasteiger partial charge in [-0.25, -0.2) is 0 Å². The van der Waals surface area contributed by atoms with Crippen LogP contribution in [0.1, 0.15) is 35.7 Å². The summed E-state index contributed by atoms with van der Waals surface area (Å²) in [6.45, 7) is 5.09. The molecule has 1 heterocycles. The van der Waals surface area contributed by atoms with Crippen molar-refractivity contribution in [1.82, 2.24) is 5.32 Å². The molecule has 2 aromatic carbocycles. The fourth-order valence-electron chi connectivity index (χ4n) is 3.31. The summed E-state index contributed by atoms with van der Waals surface area (Å²) in [6, 6.07) is 12.8. The summed E-state index contributed by atoms with van der Waals surface area (Å²) >= 11 is 0. The van der Waals surface area contributed by atoms with Gasteiger partial charge in [-0.05, 0) is 49.6 Å². The van der Waals surface area contributed by atoms with E-state index in [4.69, 9.17) is 23.7 Å². The number of rotatable bonds is 12. The number of para-hydroxylation sites is 1. The molecule has 2 aromatic rings. The van der Waals surface area contributed by atoms with Crippen LogP contribution in [-0.4, -0.2) is 52.2 Å². The molecule has 0 spiro atoms. The van der Waals surface area contributed by atoms with E-state index in [0.29, 0.717) is 55.8 Å². The Labute approximate surface area is 183 Å². The Morgan fingerprint density at radius 3 is 2.74 bits per heavy atom.